The molecule has 0 saturated carbocycles. The first-order valence-electron chi connectivity index (χ1n) is 13.2. The molecule has 0 spiro atoms. The second-order valence-electron chi connectivity index (χ2n) is 10.4. The van der Waals surface area contributed by atoms with Crippen molar-refractivity contribution < 1.29 is 36.4 Å². The Morgan fingerprint density at radius 2 is 0.943 bits per heavy atom. The summed E-state index contributed by atoms with van der Waals surface area (Å²) in [5.41, 5.74) is 2.83. The van der Waals surface area contributed by atoms with Gasteiger partial charge in [0, 0.05) is 0 Å². The molecule has 196 valence electrons. The van der Waals surface area contributed by atoms with E-state index < -0.39 is 16.5 Å². The summed E-state index contributed by atoms with van der Waals surface area (Å²) >= 11 is 0. The van der Waals surface area contributed by atoms with Crippen LogP contribution in [-0.4, -0.2) is 65.0 Å². The fourth-order valence-corrected chi connectivity index (χ4v) is 10.5. The van der Waals surface area contributed by atoms with E-state index in [1.807, 2.05) is 0 Å². The molecule has 35 heavy (non-hydrogen) atoms. The van der Waals surface area contributed by atoms with Crippen LogP contribution in [0, 0.1) is 13.8 Å². The summed E-state index contributed by atoms with van der Waals surface area (Å²) in [7, 11) is -2.58. The molecule has 2 aliphatic rings. The summed E-state index contributed by atoms with van der Waals surface area (Å²) in [6.07, 6.45) is 5.60. The van der Waals surface area contributed by atoms with E-state index >= 15 is 0 Å². The summed E-state index contributed by atoms with van der Waals surface area (Å²) in [6, 6.07) is 13.9. The summed E-state index contributed by atoms with van der Waals surface area (Å²) in [4.78, 5) is 0. The van der Waals surface area contributed by atoms with E-state index in [9.17, 15) is 0 Å². The van der Waals surface area contributed by atoms with Gasteiger partial charge < -0.3 is 19.3 Å². The topological polar surface area (TPSA) is 52.6 Å². The van der Waals surface area contributed by atoms with E-state index in [2.05, 4.69) is 85.6 Å². The molecule has 2 aromatic rings. The van der Waals surface area contributed by atoms with E-state index in [1.54, 1.807) is 24.2 Å². The first-order chi connectivity index (χ1) is 16.0. The molecule has 0 aromatic heterocycles. The largest absolute Gasteiger partial charge is 4.00 e. The minimum Gasteiger partial charge on any atom is -0.855 e. The van der Waals surface area contributed by atoms with Crippen molar-refractivity contribution in [2.45, 2.75) is 79.6 Å². The van der Waals surface area contributed by atoms with Crippen LogP contribution >= 0.6 is 0 Å². The molecule has 4 nitrogen and oxygen atoms in total. The second kappa shape index (κ2) is 17.4. The van der Waals surface area contributed by atoms with E-state index in [0.29, 0.717) is 0 Å². The number of hydrogen-bond acceptors (Lipinski definition) is 4. The molecule has 2 heterocycles. The Kier molecular flexibility index (Phi) is 17.3. The van der Waals surface area contributed by atoms with Gasteiger partial charge in [0.15, 0.2) is 0 Å². The van der Waals surface area contributed by atoms with Crippen molar-refractivity contribution in [2.75, 3.05) is 39.4 Å². The average molecular weight is 594 g/mol. The maximum Gasteiger partial charge on any atom is 4.00 e. The van der Waals surface area contributed by atoms with Crippen LogP contribution in [-0.2, 0) is 26.2 Å². The first-order valence-corrected chi connectivity index (χ1v) is 19.1. The van der Waals surface area contributed by atoms with Gasteiger partial charge in [-0.2, -0.15) is 24.3 Å². The second-order valence-corrected chi connectivity index (χ2v) is 19.1. The van der Waals surface area contributed by atoms with Crippen molar-refractivity contribution in [2.24, 2.45) is 0 Å². The van der Waals surface area contributed by atoms with Crippen LogP contribution in [0.3, 0.4) is 0 Å². The molecule has 7 heteroatoms. The molecule has 2 aromatic carbocycles. The van der Waals surface area contributed by atoms with Gasteiger partial charge in [0.2, 0.25) is 0 Å². The van der Waals surface area contributed by atoms with Crippen LogP contribution in [0.5, 0.6) is 0 Å². The Bertz CT molecular complexity index is 726. The van der Waals surface area contributed by atoms with E-state index in [0.717, 1.165) is 0 Å². The maximum absolute atomic E-state index is 8.93. The molecular weight excluding hydrogens is 544 g/mol. The molecule has 0 amide bonds. The van der Waals surface area contributed by atoms with Gasteiger partial charge in [-0.1, -0.05) is 53.9 Å². The maximum atomic E-state index is 8.93. The van der Waals surface area contributed by atoms with Crippen molar-refractivity contribution in [1.82, 2.24) is 9.13 Å². The molecule has 0 aliphatic carbocycles. The summed E-state index contributed by atoms with van der Waals surface area (Å²) < 4.78 is 5.48. The van der Waals surface area contributed by atoms with Crippen molar-refractivity contribution in [3.8, 4) is 0 Å². The third kappa shape index (κ3) is 11.0. The number of aryl methyl sites for hydroxylation is 2. The Morgan fingerprint density at radius 1 is 0.686 bits per heavy atom. The molecule has 0 atom stereocenters. The minimum absolute atomic E-state index is 0. The molecular formula is C28H50N2O2Si2Zr. The molecule has 0 unspecified atom stereocenters. The zero-order valence-electron chi connectivity index (χ0n) is 23.7. The fourth-order valence-electron chi connectivity index (χ4n) is 4.80. The molecule has 4 rings (SSSR count). The average Bonchev–Trinajstić information content (AvgIpc) is 3.56. The third-order valence-electron chi connectivity index (χ3n) is 7.02. The zero-order valence-corrected chi connectivity index (χ0v) is 28.2. The normalized spacial score (nSPS) is 16.3. The first kappa shape index (κ1) is 34.9. The van der Waals surface area contributed by atoms with Gasteiger partial charge in [0.05, 0.1) is 16.5 Å². The van der Waals surface area contributed by atoms with Crippen molar-refractivity contribution >= 4 is 26.8 Å². The summed E-state index contributed by atoms with van der Waals surface area (Å²) in [6.45, 7) is 22.7. The molecule has 2 fully saturated rings. The SMILES string of the molecule is CC[O-].CC[O-].Cc1cc[c-]([Si](C)(C)N2CCCC2)c1.Cc1cc[c-]([Si](C)(C)N2CCCC2)c1.[Zr+4]. The van der Waals surface area contributed by atoms with Crippen molar-refractivity contribution in [1.29, 1.82) is 0 Å². The van der Waals surface area contributed by atoms with Gasteiger partial charge in [0.1, 0.15) is 0 Å². The van der Waals surface area contributed by atoms with Gasteiger partial charge >= 0.3 is 26.2 Å². The molecule has 0 bridgehead atoms. The monoisotopic (exact) mass is 592 g/mol. The third-order valence-corrected chi connectivity index (χ3v) is 14.5. The van der Waals surface area contributed by atoms with Crippen molar-refractivity contribution in [3.05, 3.63) is 47.5 Å². The van der Waals surface area contributed by atoms with Crippen LogP contribution in [0.25, 0.3) is 0 Å². The van der Waals surface area contributed by atoms with Crippen molar-refractivity contribution in [3.63, 3.8) is 0 Å². The predicted octanol–water partition coefficient (Wildman–Crippen LogP) is 3.17. The quantitative estimate of drug-likeness (QED) is 0.404. The predicted molar refractivity (Wildman–Crippen MR) is 150 cm³/mol. The number of rotatable bonds is 4. The van der Waals surface area contributed by atoms with Gasteiger partial charge in [-0.05, 0) is 51.9 Å². The van der Waals surface area contributed by atoms with E-state index in [-0.39, 0.29) is 39.4 Å². The van der Waals surface area contributed by atoms with Gasteiger partial charge in [0.25, 0.3) is 0 Å². The Hall–Kier alpha value is -0.143. The van der Waals surface area contributed by atoms with Crippen LogP contribution < -0.4 is 20.6 Å². The standard InChI is InChI=1S/2C12H20NSi.2C2H5O.Zr/c2*1-11-6-7-12(10-11)14(2,3)13-8-4-5-9-13;2*1-2-3;/h2*6-7,10H,4-5,8-9H2,1-3H3;2*2H2,1H3;/q4*-1;+4. The Labute approximate surface area is 237 Å². The summed E-state index contributed by atoms with van der Waals surface area (Å²) in [5.74, 6) is 0. The summed E-state index contributed by atoms with van der Waals surface area (Å²) in [5, 5.41) is 21.1. The molecule has 2 aliphatic heterocycles. The van der Waals surface area contributed by atoms with Crippen LogP contribution in [0.4, 0.5) is 0 Å². The number of nitrogens with zero attached hydrogens (tertiary/aromatic N) is 2. The van der Waals surface area contributed by atoms with Gasteiger partial charge in [-0.25, -0.2) is 23.3 Å². The van der Waals surface area contributed by atoms with Gasteiger partial charge in [-0.3, -0.25) is 0 Å². The van der Waals surface area contributed by atoms with Crippen LogP contribution in [0.2, 0.25) is 26.2 Å². The zero-order chi connectivity index (χ0) is 25.8. The minimum atomic E-state index is -1.29. The Morgan fingerprint density at radius 3 is 1.14 bits per heavy atom. The smallest absolute Gasteiger partial charge is 0.855 e. The molecule has 0 N–H and O–H groups in total. The molecule has 0 radical (unpaired) electrons. The Balaban J connectivity index is 0.000000528. The van der Waals surface area contributed by atoms with E-state index in [1.165, 1.54) is 63.0 Å². The van der Waals surface area contributed by atoms with E-state index in [4.69, 9.17) is 10.2 Å². The van der Waals surface area contributed by atoms with Crippen LogP contribution in [0.15, 0.2) is 36.4 Å². The number of hydrogen-bond donors (Lipinski definition) is 0. The van der Waals surface area contributed by atoms with Gasteiger partial charge in [-0.15, -0.1) is 23.6 Å². The fraction of sp³-hybridized carbons (Fsp3) is 0.643. The van der Waals surface area contributed by atoms with Crippen LogP contribution in [0.1, 0.15) is 50.7 Å². The molecule has 2 saturated heterocycles.